The first-order valence-corrected chi connectivity index (χ1v) is 9.99. The SMILES string of the molecule is COc1ccc(C2/C(=C(/O)c3cccc(OC)c3)C(=O)C(=O)N2Cc2ccncc2)cc1. The van der Waals surface area contributed by atoms with Gasteiger partial charge in [0, 0.05) is 24.5 Å². The van der Waals surface area contributed by atoms with Gasteiger partial charge in [0.05, 0.1) is 25.8 Å². The molecule has 1 N–H and O–H groups in total. The van der Waals surface area contributed by atoms with E-state index in [1.54, 1.807) is 80.2 Å². The fourth-order valence-corrected chi connectivity index (χ4v) is 3.79. The summed E-state index contributed by atoms with van der Waals surface area (Å²) in [7, 11) is 3.08. The number of aromatic nitrogens is 1. The molecule has 1 aliphatic heterocycles. The van der Waals surface area contributed by atoms with Gasteiger partial charge >= 0.3 is 0 Å². The van der Waals surface area contributed by atoms with E-state index in [2.05, 4.69) is 4.98 Å². The summed E-state index contributed by atoms with van der Waals surface area (Å²) in [6.07, 6.45) is 3.26. The Kier molecular flexibility index (Phi) is 5.89. The van der Waals surface area contributed by atoms with Crippen LogP contribution in [0.15, 0.2) is 78.6 Å². The van der Waals surface area contributed by atoms with E-state index in [9.17, 15) is 14.7 Å². The maximum Gasteiger partial charge on any atom is 0.295 e. The number of amides is 1. The molecule has 7 nitrogen and oxygen atoms in total. The first-order chi connectivity index (χ1) is 15.5. The number of pyridine rings is 1. The Morgan fingerprint density at radius 1 is 0.969 bits per heavy atom. The Hall–Kier alpha value is -4.13. The zero-order valence-electron chi connectivity index (χ0n) is 17.7. The van der Waals surface area contributed by atoms with Crippen LogP contribution in [-0.4, -0.2) is 40.9 Å². The lowest BCUT2D eigenvalue weighted by atomic mass is 9.95. The second kappa shape index (κ2) is 8.93. The molecule has 162 valence electrons. The third-order valence-corrected chi connectivity index (χ3v) is 5.42. The molecule has 1 aromatic heterocycles. The van der Waals surface area contributed by atoms with Crippen molar-refractivity contribution in [2.24, 2.45) is 0 Å². The number of likely N-dealkylation sites (tertiary alicyclic amines) is 1. The van der Waals surface area contributed by atoms with Crippen molar-refractivity contribution in [2.75, 3.05) is 14.2 Å². The zero-order chi connectivity index (χ0) is 22.7. The van der Waals surface area contributed by atoms with Gasteiger partial charge in [-0.05, 0) is 47.5 Å². The van der Waals surface area contributed by atoms with Crippen molar-refractivity contribution < 1.29 is 24.2 Å². The maximum absolute atomic E-state index is 13.1. The molecule has 0 bridgehead atoms. The summed E-state index contributed by atoms with van der Waals surface area (Å²) in [5.74, 6) is -0.485. The normalized spacial score (nSPS) is 17.4. The molecule has 0 spiro atoms. The monoisotopic (exact) mass is 430 g/mol. The van der Waals surface area contributed by atoms with Gasteiger partial charge in [0.1, 0.15) is 17.3 Å². The van der Waals surface area contributed by atoms with Crippen molar-refractivity contribution in [1.29, 1.82) is 0 Å². The standard InChI is InChI=1S/C25H22N2O5/c1-31-19-8-6-17(7-9-19)22-21(23(28)18-4-3-5-20(14-18)32-2)24(29)25(30)27(22)15-16-10-12-26-13-11-16/h3-14,22,28H,15H2,1-2H3/b23-21-. The number of carbonyl (C=O) groups excluding carboxylic acids is 2. The first-order valence-electron chi connectivity index (χ1n) is 9.99. The lowest BCUT2D eigenvalue weighted by Gasteiger charge is -2.25. The number of benzene rings is 2. The van der Waals surface area contributed by atoms with Gasteiger partial charge in [-0.25, -0.2) is 0 Å². The van der Waals surface area contributed by atoms with E-state index in [1.807, 2.05) is 0 Å². The molecular weight excluding hydrogens is 408 g/mol. The molecular formula is C25H22N2O5. The third kappa shape index (κ3) is 3.92. The summed E-state index contributed by atoms with van der Waals surface area (Å²) in [4.78, 5) is 31.6. The number of Topliss-reactive ketones (excluding diaryl/α,β-unsaturated/α-hetero) is 1. The van der Waals surface area contributed by atoms with E-state index in [0.717, 1.165) is 5.56 Å². The van der Waals surface area contributed by atoms with Gasteiger partial charge in [-0.2, -0.15) is 0 Å². The minimum absolute atomic E-state index is 0.0301. The van der Waals surface area contributed by atoms with Crippen LogP contribution in [0.4, 0.5) is 0 Å². The van der Waals surface area contributed by atoms with Crippen LogP contribution in [0, 0.1) is 0 Å². The predicted molar refractivity (Wildman–Crippen MR) is 118 cm³/mol. The third-order valence-electron chi connectivity index (χ3n) is 5.42. The number of ether oxygens (including phenoxy) is 2. The Bertz CT molecular complexity index is 1170. The number of aliphatic hydroxyl groups excluding tert-OH is 1. The Morgan fingerprint density at radius 3 is 2.31 bits per heavy atom. The van der Waals surface area contributed by atoms with E-state index < -0.39 is 17.7 Å². The number of nitrogens with zero attached hydrogens (tertiary/aromatic N) is 2. The van der Waals surface area contributed by atoms with Gasteiger partial charge in [0.2, 0.25) is 0 Å². The first kappa shape index (κ1) is 21.1. The summed E-state index contributed by atoms with van der Waals surface area (Å²) >= 11 is 0. The second-order valence-electron chi connectivity index (χ2n) is 7.29. The van der Waals surface area contributed by atoms with E-state index >= 15 is 0 Å². The number of ketones is 1. The fourth-order valence-electron chi connectivity index (χ4n) is 3.79. The van der Waals surface area contributed by atoms with Gasteiger partial charge < -0.3 is 19.5 Å². The molecule has 4 rings (SSSR count). The number of methoxy groups -OCH3 is 2. The van der Waals surface area contributed by atoms with E-state index in [0.29, 0.717) is 22.6 Å². The van der Waals surface area contributed by atoms with E-state index in [-0.39, 0.29) is 17.9 Å². The van der Waals surface area contributed by atoms with Crippen LogP contribution in [-0.2, 0) is 16.1 Å². The molecule has 1 atom stereocenters. The Balaban J connectivity index is 1.85. The highest BCUT2D eigenvalue weighted by atomic mass is 16.5. The largest absolute Gasteiger partial charge is 0.507 e. The highest BCUT2D eigenvalue weighted by Gasteiger charge is 2.46. The summed E-state index contributed by atoms with van der Waals surface area (Å²) in [6.45, 7) is 0.193. The van der Waals surface area contributed by atoms with Gasteiger partial charge in [-0.1, -0.05) is 24.3 Å². The quantitative estimate of drug-likeness (QED) is 0.364. The van der Waals surface area contributed by atoms with Crippen LogP contribution in [0.1, 0.15) is 22.7 Å². The average molecular weight is 430 g/mol. The van der Waals surface area contributed by atoms with Gasteiger partial charge in [-0.3, -0.25) is 14.6 Å². The van der Waals surface area contributed by atoms with Crippen LogP contribution in [0.25, 0.3) is 5.76 Å². The van der Waals surface area contributed by atoms with Crippen LogP contribution >= 0.6 is 0 Å². The van der Waals surface area contributed by atoms with Crippen molar-refractivity contribution in [3.05, 3.63) is 95.3 Å². The second-order valence-corrected chi connectivity index (χ2v) is 7.29. The molecule has 2 heterocycles. The van der Waals surface area contributed by atoms with Crippen LogP contribution < -0.4 is 9.47 Å². The number of hydrogen-bond donors (Lipinski definition) is 1. The Morgan fingerprint density at radius 2 is 1.66 bits per heavy atom. The van der Waals surface area contributed by atoms with Crippen molar-refractivity contribution in [2.45, 2.75) is 12.6 Å². The zero-order valence-corrected chi connectivity index (χ0v) is 17.7. The maximum atomic E-state index is 13.1. The van der Waals surface area contributed by atoms with Crippen molar-refractivity contribution >= 4 is 17.4 Å². The highest BCUT2D eigenvalue weighted by Crippen LogP contribution is 2.40. The summed E-state index contributed by atoms with van der Waals surface area (Å²) in [5, 5.41) is 11.1. The highest BCUT2D eigenvalue weighted by molar-refractivity contribution is 6.46. The minimum atomic E-state index is -0.764. The number of carbonyl (C=O) groups is 2. The molecule has 0 aliphatic carbocycles. The summed E-state index contributed by atoms with van der Waals surface area (Å²) < 4.78 is 10.5. The van der Waals surface area contributed by atoms with E-state index in [1.165, 1.54) is 12.0 Å². The molecule has 1 unspecified atom stereocenters. The Labute approximate surface area is 185 Å². The van der Waals surface area contributed by atoms with E-state index in [4.69, 9.17) is 9.47 Å². The minimum Gasteiger partial charge on any atom is -0.507 e. The molecule has 1 saturated heterocycles. The smallest absolute Gasteiger partial charge is 0.295 e. The fraction of sp³-hybridized carbons (Fsp3) is 0.160. The average Bonchev–Trinajstić information content (AvgIpc) is 3.09. The molecule has 3 aromatic rings. The number of hydrogen-bond acceptors (Lipinski definition) is 6. The van der Waals surface area contributed by atoms with Crippen molar-refractivity contribution in [3.8, 4) is 11.5 Å². The van der Waals surface area contributed by atoms with Crippen LogP contribution in [0.3, 0.4) is 0 Å². The molecule has 1 fully saturated rings. The molecule has 32 heavy (non-hydrogen) atoms. The lowest BCUT2D eigenvalue weighted by molar-refractivity contribution is -0.140. The van der Waals surface area contributed by atoms with Crippen molar-refractivity contribution in [1.82, 2.24) is 9.88 Å². The summed E-state index contributed by atoms with van der Waals surface area (Å²) in [5.41, 5.74) is 1.93. The van der Waals surface area contributed by atoms with Gasteiger partial charge in [0.25, 0.3) is 11.7 Å². The molecule has 2 aromatic carbocycles. The molecule has 1 amide bonds. The van der Waals surface area contributed by atoms with Crippen LogP contribution in [0.2, 0.25) is 0 Å². The topological polar surface area (TPSA) is 89.0 Å². The molecule has 0 radical (unpaired) electrons. The van der Waals surface area contributed by atoms with Crippen molar-refractivity contribution in [3.63, 3.8) is 0 Å². The van der Waals surface area contributed by atoms with Gasteiger partial charge in [0.15, 0.2) is 0 Å². The molecule has 7 heteroatoms. The van der Waals surface area contributed by atoms with Crippen LogP contribution in [0.5, 0.6) is 11.5 Å². The lowest BCUT2D eigenvalue weighted by Crippen LogP contribution is -2.29. The van der Waals surface area contributed by atoms with Gasteiger partial charge in [-0.15, -0.1) is 0 Å². The predicted octanol–water partition coefficient (Wildman–Crippen LogP) is 3.72. The summed E-state index contributed by atoms with van der Waals surface area (Å²) in [6, 6.07) is 16.6. The number of rotatable bonds is 6. The molecule has 0 saturated carbocycles. The molecule has 1 aliphatic rings. The number of aliphatic hydroxyl groups is 1.